The second kappa shape index (κ2) is 8.13. The summed E-state index contributed by atoms with van der Waals surface area (Å²) < 4.78 is 1.19. The average molecular weight is 421 g/mol. The summed E-state index contributed by atoms with van der Waals surface area (Å²) in [6, 6.07) is 8.03. The zero-order valence-corrected chi connectivity index (χ0v) is 15.5. The Morgan fingerprint density at radius 2 is 1.39 bits per heavy atom. The van der Waals surface area contributed by atoms with E-state index in [-0.39, 0.29) is 11.8 Å². The lowest BCUT2D eigenvalue weighted by atomic mass is 10.1. The number of carbonyl (C=O) groups is 1. The lowest BCUT2D eigenvalue weighted by Gasteiger charge is -2.05. The van der Waals surface area contributed by atoms with Gasteiger partial charge in [-0.15, -0.1) is 0 Å². The number of fused-ring (bicyclic) bond motifs is 1. The Labute approximate surface area is 152 Å². The number of benzene rings is 1. The second-order valence-electron chi connectivity index (χ2n) is 6.52. The van der Waals surface area contributed by atoms with Gasteiger partial charge in [-0.25, -0.2) is 0 Å². The number of anilines is 1. The van der Waals surface area contributed by atoms with Crippen LogP contribution < -0.4 is 5.32 Å². The summed E-state index contributed by atoms with van der Waals surface area (Å²) in [6.07, 6.45) is 15.9. The largest absolute Gasteiger partial charge is 0.326 e. The van der Waals surface area contributed by atoms with Gasteiger partial charge in [0.15, 0.2) is 0 Å². The molecule has 1 aromatic carbocycles. The van der Waals surface area contributed by atoms with E-state index >= 15 is 0 Å². The molecule has 1 saturated carbocycles. The Bertz CT molecular complexity index is 566. The third-order valence-corrected chi connectivity index (χ3v) is 5.63. The molecule has 0 saturated heterocycles. The molecule has 1 aromatic rings. The molecule has 23 heavy (non-hydrogen) atoms. The van der Waals surface area contributed by atoms with Gasteiger partial charge < -0.3 is 5.32 Å². The summed E-state index contributed by atoms with van der Waals surface area (Å²) in [4.78, 5) is 12.6. The molecule has 0 aliphatic heterocycles. The molecule has 0 bridgehead atoms. The van der Waals surface area contributed by atoms with Gasteiger partial charge in [0.05, 0.1) is 0 Å². The molecule has 1 unspecified atom stereocenters. The van der Waals surface area contributed by atoms with Gasteiger partial charge in [-0.1, -0.05) is 24.3 Å². The summed E-state index contributed by atoms with van der Waals surface area (Å²) in [5, 5.41) is 3.11. The summed E-state index contributed by atoms with van der Waals surface area (Å²) in [5.74, 6) is 1.55. The monoisotopic (exact) mass is 421 g/mol. The number of rotatable bonds is 2. The van der Waals surface area contributed by atoms with E-state index < -0.39 is 0 Å². The smallest absolute Gasteiger partial charge is 0.228 e. The highest BCUT2D eigenvalue weighted by molar-refractivity contribution is 14.1. The predicted octanol–water partition coefficient (Wildman–Crippen LogP) is 5.56. The van der Waals surface area contributed by atoms with Crippen molar-refractivity contribution in [2.75, 3.05) is 5.32 Å². The van der Waals surface area contributed by atoms with Crippen LogP contribution in [0.4, 0.5) is 5.69 Å². The lowest BCUT2D eigenvalue weighted by molar-refractivity contribution is -0.117. The van der Waals surface area contributed by atoms with Crippen molar-refractivity contribution in [2.24, 2.45) is 17.8 Å². The molecule has 2 aliphatic rings. The highest BCUT2D eigenvalue weighted by Gasteiger charge is 2.52. The highest BCUT2D eigenvalue weighted by atomic mass is 127. The fourth-order valence-corrected chi connectivity index (χ4v) is 3.98. The normalized spacial score (nSPS) is 27.4. The number of amides is 1. The summed E-state index contributed by atoms with van der Waals surface area (Å²) in [6.45, 7) is 0. The quantitative estimate of drug-likeness (QED) is 0.492. The Kier molecular flexibility index (Phi) is 5.92. The number of hydrogen-bond acceptors (Lipinski definition) is 1. The van der Waals surface area contributed by atoms with E-state index in [9.17, 15) is 4.79 Å². The number of nitrogens with one attached hydrogen (secondary N) is 1. The molecule has 1 amide bonds. The summed E-state index contributed by atoms with van der Waals surface area (Å²) >= 11 is 2.28. The van der Waals surface area contributed by atoms with Crippen LogP contribution in [-0.4, -0.2) is 5.91 Å². The molecule has 122 valence electrons. The minimum Gasteiger partial charge on any atom is -0.326 e. The molecular formula is C20H24INO. The molecule has 3 rings (SSSR count). The van der Waals surface area contributed by atoms with Crippen molar-refractivity contribution in [3.05, 3.63) is 52.1 Å². The Morgan fingerprint density at radius 3 is 1.96 bits per heavy atom. The molecule has 3 atom stereocenters. The van der Waals surface area contributed by atoms with Crippen molar-refractivity contribution in [1.82, 2.24) is 0 Å². The van der Waals surface area contributed by atoms with Crippen LogP contribution in [0.15, 0.2) is 48.6 Å². The van der Waals surface area contributed by atoms with Crippen molar-refractivity contribution in [3.63, 3.8) is 0 Å². The van der Waals surface area contributed by atoms with Gasteiger partial charge in [0.25, 0.3) is 0 Å². The van der Waals surface area contributed by atoms with Gasteiger partial charge in [-0.05, 0) is 97.2 Å². The topological polar surface area (TPSA) is 29.1 Å². The van der Waals surface area contributed by atoms with Crippen LogP contribution in [0.1, 0.15) is 38.5 Å². The molecule has 1 N–H and O–H groups in total. The molecule has 0 heterocycles. The maximum Gasteiger partial charge on any atom is 0.228 e. The number of carbonyl (C=O) groups excluding carboxylic acids is 1. The zero-order chi connectivity index (χ0) is 16.1. The minimum atomic E-state index is 0.205. The number of hydrogen-bond donors (Lipinski definition) is 1. The molecule has 0 aromatic heterocycles. The van der Waals surface area contributed by atoms with Crippen LogP contribution in [-0.2, 0) is 4.79 Å². The fourth-order valence-electron chi connectivity index (χ4n) is 3.62. The van der Waals surface area contributed by atoms with E-state index in [2.05, 4.69) is 52.2 Å². The molecule has 2 nitrogen and oxygen atoms in total. The summed E-state index contributed by atoms with van der Waals surface area (Å²) in [7, 11) is 0. The first-order valence-electron chi connectivity index (χ1n) is 8.62. The van der Waals surface area contributed by atoms with Crippen LogP contribution in [0, 0.1) is 21.3 Å². The molecular weight excluding hydrogens is 397 g/mol. The lowest BCUT2D eigenvalue weighted by Crippen LogP contribution is -2.15. The maximum atomic E-state index is 12.6. The SMILES string of the molecule is O=C(Nc1ccc(I)cc1)C1[C@H]2CCC=CCCC=CCC[C@@H]12. The van der Waals surface area contributed by atoms with Crippen LogP contribution in [0.5, 0.6) is 0 Å². The van der Waals surface area contributed by atoms with E-state index in [0.29, 0.717) is 11.8 Å². The third kappa shape index (κ3) is 4.69. The molecule has 1 fully saturated rings. The second-order valence-corrected chi connectivity index (χ2v) is 7.77. The van der Waals surface area contributed by atoms with Gasteiger partial charge >= 0.3 is 0 Å². The first-order valence-corrected chi connectivity index (χ1v) is 9.70. The van der Waals surface area contributed by atoms with E-state index in [1.165, 1.54) is 3.57 Å². The van der Waals surface area contributed by atoms with Crippen LogP contribution >= 0.6 is 22.6 Å². The highest BCUT2D eigenvalue weighted by Crippen LogP contribution is 2.52. The molecule has 3 heteroatoms. The summed E-state index contributed by atoms with van der Waals surface area (Å²) in [5.41, 5.74) is 0.914. The van der Waals surface area contributed by atoms with Crippen molar-refractivity contribution in [1.29, 1.82) is 0 Å². The van der Waals surface area contributed by atoms with Crippen LogP contribution in [0.3, 0.4) is 0 Å². The fraction of sp³-hybridized carbons (Fsp3) is 0.450. The van der Waals surface area contributed by atoms with Crippen molar-refractivity contribution >= 4 is 34.2 Å². The van der Waals surface area contributed by atoms with Crippen molar-refractivity contribution in [3.8, 4) is 0 Å². The average Bonchev–Trinajstić information content (AvgIpc) is 3.22. The maximum absolute atomic E-state index is 12.6. The molecule has 0 radical (unpaired) electrons. The van der Waals surface area contributed by atoms with Gasteiger partial charge in [-0.3, -0.25) is 4.79 Å². The van der Waals surface area contributed by atoms with Gasteiger partial charge in [0.2, 0.25) is 5.91 Å². The first-order chi connectivity index (χ1) is 11.3. The molecule has 0 spiro atoms. The van der Waals surface area contributed by atoms with Gasteiger partial charge in [-0.2, -0.15) is 0 Å². The standard InChI is InChI=1S/C20H24INO/c21-15-11-13-16(14-12-15)22-20(23)19-17-9-7-5-3-1-2-4-6-8-10-18(17)19/h3-6,11-14,17-19H,1-2,7-10H2,(H,22,23)/t17-,18+,19?. The third-order valence-electron chi connectivity index (χ3n) is 4.91. The number of halogens is 1. The van der Waals surface area contributed by atoms with Crippen LogP contribution in [0.25, 0.3) is 0 Å². The number of allylic oxidation sites excluding steroid dienone is 4. The zero-order valence-electron chi connectivity index (χ0n) is 13.4. The van der Waals surface area contributed by atoms with Gasteiger partial charge in [0.1, 0.15) is 0 Å². The van der Waals surface area contributed by atoms with E-state index in [0.717, 1.165) is 44.2 Å². The predicted molar refractivity (Wildman–Crippen MR) is 104 cm³/mol. The van der Waals surface area contributed by atoms with Crippen LogP contribution in [0.2, 0.25) is 0 Å². The van der Waals surface area contributed by atoms with Crippen molar-refractivity contribution < 1.29 is 4.79 Å². The Balaban J connectivity index is 1.60. The first kappa shape index (κ1) is 16.7. The van der Waals surface area contributed by atoms with Gasteiger partial charge in [0, 0.05) is 15.2 Å². The Hall–Kier alpha value is -1.10. The van der Waals surface area contributed by atoms with Crippen molar-refractivity contribution in [2.45, 2.75) is 38.5 Å². The van der Waals surface area contributed by atoms with E-state index in [1.54, 1.807) is 0 Å². The minimum absolute atomic E-state index is 0.205. The van der Waals surface area contributed by atoms with E-state index in [4.69, 9.17) is 0 Å². The van der Waals surface area contributed by atoms with E-state index in [1.807, 2.05) is 24.3 Å². The molecule has 2 aliphatic carbocycles. The Morgan fingerprint density at radius 1 is 0.870 bits per heavy atom.